The van der Waals surface area contributed by atoms with Crippen molar-refractivity contribution in [1.82, 2.24) is 19.6 Å². The molecule has 216 valence electrons. The number of hydrogen-bond donors (Lipinski definition) is 2. The Morgan fingerprint density at radius 2 is 1.90 bits per heavy atom. The number of carbonyl (C=O) groups excluding carboxylic acids is 1. The molecule has 0 bridgehead atoms. The van der Waals surface area contributed by atoms with E-state index in [1.807, 2.05) is 0 Å². The van der Waals surface area contributed by atoms with E-state index in [9.17, 15) is 31.5 Å². The van der Waals surface area contributed by atoms with E-state index in [1.54, 1.807) is 43.3 Å². The van der Waals surface area contributed by atoms with Gasteiger partial charge in [0.2, 0.25) is 16.9 Å². The summed E-state index contributed by atoms with van der Waals surface area (Å²) in [5.41, 5.74) is -0.0893. The summed E-state index contributed by atoms with van der Waals surface area (Å²) in [6.07, 6.45) is -3.84. The monoisotopic (exact) mass is 589 g/mol. The highest BCUT2D eigenvalue weighted by Gasteiger charge is 2.41. The van der Waals surface area contributed by atoms with Crippen LogP contribution in [0.5, 0.6) is 5.75 Å². The number of sulfonamides is 1. The fourth-order valence-corrected chi connectivity index (χ4v) is 6.23. The first-order valence-corrected chi connectivity index (χ1v) is 14.0. The van der Waals surface area contributed by atoms with Crippen molar-refractivity contribution in [1.29, 1.82) is 0 Å². The van der Waals surface area contributed by atoms with Crippen molar-refractivity contribution >= 4 is 32.8 Å². The molecule has 1 saturated heterocycles. The number of fused-ring (bicyclic) bond motifs is 1. The van der Waals surface area contributed by atoms with Gasteiger partial charge in [-0.2, -0.15) is 17.5 Å². The standard InChI is InChI=1S/C27H26F3N5O5S/c1-34(2)26-32-18(14-20(33-26)19-10-9-17(13-22(19)36)27(28,29)30)15-31-25(37)21-7-5-11-35(21)41(38,39)24-12-16-6-3-4-8-23(16)40-24/h3-4,6,8-10,12-14,21,36H,5,7,11,15H2,1-2H3,(H,31,37)/t21-/m0/s1. The molecule has 0 radical (unpaired) electrons. The number of hydrogen-bond acceptors (Lipinski definition) is 8. The predicted molar refractivity (Wildman–Crippen MR) is 143 cm³/mol. The van der Waals surface area contributed by atoms with Gasteiger partial charge >= 0.3 is 6.18 Å². The first-order valence-electron chi connectivity index (χ1n) is 12.6. The first-order chi connectivity index (χ1) is 19.3. The molecule has 1 atom stereocenters. The number of nitrogens with one attached hydrogen (secondary N) is 1. The lowest BCUT2D eigenvalue weighted by Gasteiger charge is -2.22. The lowest BCUT2D eigenvalue weighted by Crippen LogP contribution is -2.45. The molecule has 1 fully saturated rings. The first kappa shape index (κ1) is 28.4. The van der Waals surface area contributed by atoms with Gasteiger partial charge in [0.25, 0.3) is 10.0 Å². The molecule has 41 heavy (non-hydrogen) atoms. The van der Waals surface area contributed by atoms with Crippen LogP contribution in [0.3, 0.4) is 0 Å². The summed E-state index contributed by atoms with van der Waals surface area (Å²) < 4.78 is 72.6. The molecule has 0 spiro atoms. The van der Waals surface area contributed by atoms with E-state index in [1.165, 1.54) is 12.1 Å². The number of anilines is 1. The predicted octanol–water partition coefficient (Wildman–Crippen LogP) is 4.15. The third-order valence-corrected chi connectivity index (χ3v) is 8.45. The van der Waals surface area contributed by atoms with E-state index in [2.05, 4.69) is 15.3 Å². The maximum Gasteiger partial charge on any atom is 0.416 e. The largest absolute Gasteiger partial charge is 0.507 e. The van der Waals surface area contributed by atoms with Crippen LogP contribution in [0, 0.1) is 0 Å². The lowest BCUT2D eigenvalue weighted by atomic mass is 10.1. The summed E-state index contributed by atoms with van der Waals surface area (Å²) in [5, 5.41) is 13.4. The number of para-hydroxylation sites is 1. The number of nitrogens with zero attached hydrogens (tertiary/aromatic N) is 4. The van der Waals surface area contributed by atoms with Crippen LogP contribution in [0.25, 0.3) is 22.2 Å². The highest BCUT2D eigenvalue weighted by atomic mass is 32.2. The summed E-state index contributed by atoms with van der Waals surface area (Å²) in [5.74, 6) is -0.956. The second-order valence-corrected chi connectivity index (χ2v) is 11.6. The van der Waals surface area contributed by atoms with Crippen molar-refractivity contribution in [3.8, 4) is 17.0 Å². The minimum absolute atomic E-state index is 0.0509. The van der Waals surface area contributed by atoms with Crippen molar-refractivity contribution in [2.75, 3.05) is 25.5 Å². The number of carbonyl (C=O) groups is 1. The maximum absolute atomic E-state index is 13.4. The molecule has 0 saturated carbocycles. The fourth-order valence-electron chi connectivity index (χ4n) is 4.62. The van der Waals surface area contributed by atoms with Crippen LogP contribution in [-0.4, -0.2) is 60.4 Å². The van der Waals surface area contributed by atoms with Crippen molar-refractivity contribution in [2.24, 2.45) is 0 Å². The molecule has 2 N–H and O–H groups in total. The van der Waals surface area contributed by atoms with Crippen molar-refractivity contribution in [3.05, 3.63) is 65.9 Å². The van der Waals surface area contributed by atoms with Gasteiger partial charge in [-0.1, -0.05) is 18.2 Å². The number of aromatic hydroxyl groups is 1. The van der Waals surface area contributed by atoms with Gasteiger partial charge in [0.15, 0.2) is 0 Å². The third-order valence-electron chi connectivity index (χ3n) is 6.68. The second kappa shape index (κ2) is 10.7. The molecule has 1 amide bonds. The van der Waals surface area contributed by atoms with Gasteiger partial charge < -0.3 is 19.7 Å². The van der Waals surface area contributed by atoms with Crippen LogP contribution in [0.15, 0.2) is 64.1 Å². The van der Waals surface area contributed by atoms with Gasteiger partial charge in [-0.05, 0) is 43.2 Å². The SMILES string of the molecule is CN(C)c1nc(CNC(=O)[C@@H]2CCCN2S(=O)(=O)c2cc3ccccc3o2)cc(-c2ccc(C(F)(F)F)cc2O)n1. The number of alkyl halides is 3. The zero-order chi connectivity index (χ0) is 29.5. The summed E-state index contributed by atoms with van der Waals surface area (Å²) in [6.45, 7) is 0.0265. The summed E-state index contributed by atoms with van der Waals surface area (Å²) in [4.78, 5) is 23.4. The highest BCUT2D eigenvalue weighted by molar-refractivity contribution is 7.89. The van der Waals surface area contributed by atoms with Gasteiger partial charge in [0, 0.05) is 37.7 Å². The van der Waals surface area contributed by atoms with Crippen molar-refractivity contribution in [2.45, 2.75) is 36.7 Å². The number of phenolic OH excluding ortho intramolecular Hbond substituents is 1. The van der Waals surface area contributed by atoms with E-state index in [4.69, 9.17) is 4.42 Å². The van der Waals surface area contributed by atoms with Gasteiger partial charge in [0.1, 0.15) is 17.4 Å². The molecule has 0 unspecified atom stereocenters. The molecule has 1 aliphatic rings. The molecule has 14 heteroatoms. The van der Waals surface area contributed by atoms with E-state index in [-0.39, 0.29) is 35.4 Å². The number of amides is 1. The number of phenols is 1. The lowest BCUT2D eigenvalue weighted by molar-refractivity contribution is -0.137. The van der Waals surface area contributed by atoms with Crippen LogP contribution < -0.4 is 10.2 Å². The average Bonchev–Trinajstić information content (AvgIpc) is 3.59. The number of halogens is 3. The Bertz CT molecular complexity index is 1690. The zero-order valence-corrected chi connectivity index (χ0v) is 22.8. The number of aromatic nitrogens is 2. The molecule has 10 nitrogen and oxygen atoms in total. The quantitative estimate of drug-likeness (QED) is 0.329. The van der Waals surface area contributed by atoms with Crippen molar-refractivity contribution in [3.63, 3.8) is 0 Å². The Kier molecular flexibility index (Phi) is 7.38. The van der Waals surface area contributed by atoms with E-state index in [0.29, 0.717) is 35.6 Å². The van der Waals surface area contributed by atoms with Crippen LogP contribution in [0.4, 0.5) is 19.1 Å². The van der Waals surface area contributed by atoms with E-state index >= 15 is 0 Å². The van der Waals surface area contributed by atoms with Gasteiger partial charge in [-0.15, -0.1) is 0 Å². The van der Waals surface area contributed by atoms with Crippen LogP contribution in [0.1, 0.15) is 24.1 Å². The minimum Gasteiger partial charge on any atom is -0.507 e. The molecule has 4 aromatic rings. The summed E-state index contributed by atoms with van der Waals surface area (Å²) in [7, 11) is -0.771. The summed E-state index contributed by atoms with van der Waals surface area (Å²) >= 11 is 0. The average molecular weight is 590 g/mol. The van der Waals surface area contributed by atoms with Crippen molar-refractivity contribution < 1.29 is 35.9 Å². The molecular weight excluding hydrogens is 563 g/mol. The number of benzene rings is 2. The minimum atomic E-state index is -4.63. The van der Waals surface area contributed by atoms with Crippen LogP contribution in [-0.2, 0) is 27.5 Å². The highest BCUT2D eigenvalue weighted by Crippen LogP contribution is 2.36. The Morgan fingerprint density at radius 3 is 2.59 bits per heavy atom. The van der Waals surface area contributed by atoms with Gasteiger partial charge in [-0.3, -0.25) is 4.79 Å². The van der Waals surface area contributed by atoms with Crippen LogP contribution in [0.2, 0.25) is 0 Å². The number of furan rings is 1. The van der Waals surface area contributed by atoms with Gasteiger partial charge in [0.05, 0.1) is 23.5 Å². The smallest absolute Gasteiger partial charge is 0.416 e. The Hall–Kier alpha value is -4.17. The molecule has 1 aliphatic heterocycles. The molecule has 2 aromatic carbocycles. The second-order valence-electron chi connectivity index (χ2n) is 9.76. The fraction of sp³-hybridized carbons (Fsp3) is 0.296. The van der Waals surface area contributed by atoms with Crippen LogP contribution >= 0.6 is 0 Å². The molecule has 5 rings (SSSR count). The molecule has 3 heterocycles. The molecule has 2 aromatic heterocycles. The Labute approximate surface area is 233 Å². The normalized spacial score (nSPS) is 16.3. The Morgan fingerprint density at radius 1 is 1.15 bits per heavy atom. The maximum atomic E-state index is 13.4. The topological polar surface area (TPSA) is 129 Å². The third kappa shape index (κ3) is 5.70. The number of rotatable bonds is 7. The molecular formula is C27H26F3N5O5S. The van der Waals surface area contributed by atoms with Gasteiger partial charge in [-0.25, -0.2) is 18.4 Å². The van der Waals surface area contributed by atoms with E-state index in [0.717, 1.165) is 16.4 Å². The zero-order valence-electron chi connectivity index (χ0n) is 22.0. The van der Waals surface area contributed by atoms with E-state index < -0.39 is 39.5 Å². The summed E-state index contributed by atoms with van der Waals surface area (Å²) in [6, 6.07) is 11.3. The Balaban J connectivity index is 1.36. The molecule has 0 aliphatic carbocycles.